The molecule has 1 aliphatic heterocycles. The van der Waals surface area contributed by atoms with Crippen molar-refractivity contribution in [1.29, 1.82) is 0 Å². The van der Waals surface area contributed by atoms with Gasteiger partial charge in [-0.2, -0.15) is 0 Å². The van der Waals surface area contributed by atoms with Crippen LogP contribution in [0.25, 0.3) is 0 Å². The molecule has 3 rings (SSSR count). The van der Waals surface area contributed by atoms with Gasteiger partial charge in [-0.3, -0.25) is 4.79 Å². The van der Waals surface area contributed by atoms with Crippen molar-refractivity contribution >= 4 is 11.6 Å². The monoisotopic (exact) mass is 215 g/mol. The van der Waals surface area contributed by atoms with Crippen molar-refractivity contribution in [2.24, 2.45) is 0 Å². The molecule has 1 heterocycles. The van der Waals surface area contributed by atoms with Gasteiger partial charge in [0.1, 0.15) is 0 Å². The van der Waals surface area contributed by atoms with Crippen LogP contribution in [-0.2, 0) is 10.2 Å². The third-order valence-electron chi connectivity index (χ3n) is 4.00. The maximum Gasteiger partial charge on any atom is 0.237 e. The molecule has 1 spiro atoms. The van der Waals surface area contributed by atoms with Crippen molar-refractivity contribution in [1.82, 2.24) is 0 Å². The van der Waals surface area contributed by atoms with E-state index in [1.54, 1.807) is 0 Å². The third-order valence-corrected chi connectivity index (χ3v) is 4.00. The average molecular weight is 215 g/mol. The highest BCUT2D eigenvalue weighted by molar-refractivity contribution is 6.10. The summed E-state index contributed by atoms with van der Waals surface area (Å²) in [4.78, 5) is 14.1. The van der Waals surface area contributed by atoms with E-state index in [1.807, 2.05) is 11.9 Å². The van der Waals surface area contributed by atoms with Crippen LogP contribution in [0.4, 0.5) is 5.69 Å². The SMILES string of the molecule is CC(C)c1cccc2c1C1(CC1)C(=O)N2C. The van der Waals surface area contributed by atoms with E-state index in [4.69, 9.17) is 0 Å². The van der Waals surface area contributed by atoms with Crippen LogP contribution in [0, 0.1) is 0 Å². The lowest BCUT2D eigenvalue weighted by molar-refractivity contribution is -0.119. The first-order valence-corrected chi connectivity index (χ1v) is 5.99. The van der Waals surface area contributed by atoms with Crippen LogP contribution >= 0.6 is 0 Å². The van der Waals surface area contributed by atoms with E-state index in [0.717, 1.165) is 18.5 Å². The maximum absolute atomic E-state index is 12.2. The second-order valence-corrected chi connectivity index (χ2v) is 5.34. The smallest absolute Gasteiger partial charge is 0.237 e. The van der Waals surface area contributed by atoms with Crippen LogP contribution in [0.2, 0.25) is 0 Å². The zero-order valence-electron chi connectivity index (χ0n) is 10.1. The molecule has 1 aliphatic carbocycles. The summed E-state index contributed by atoms with van der Waals surface area (Å²) in [5.74, 6) is 0.794. The summed E-state index contributed by atoms with van der Waals surface area (Å²) >= 11 is 0. The molecule has 84 valence electrons. The van der Waals surface area contributed by atoms with Gasteiger partial charge in [-0.15, -0.1) is 0 Å². The zero-order valence-corrected chi connectivity index (χ0v) is 10.1. The number of carbonyl (C=O) groups excluding carboxylic acids is 1. The van der Waals surface area contributed by atoms with Crippen LogP contribution in [0.1, 0.15) is 43.7 Å². The topological polar surface area (TPSA) is 20.3 Å². The Morgan fingerprint density at radius 3 is 2.56 bits per heavy atom. The molecule has 1 aromatic rings. The molecule has 0 bridgehead atoms. The molecule has 2 nitrogen and oxygen atoms in total. The number of hydrogen-bond acceptors (Lipinski definition) is 1. The van der Waals surface area contributed by atoms with E-state index >= 15 is 0 Å². The number of likely N-dealkylation sites (N-methyl/N-ethyl adjacent to an activating group) is 1. The minimum absolute atomic E-state index is 0.134. The molecular formula is C14H17NO. The highest BCUT2D eigenvalue weighted by Gasteiger charge is 2.59. The Balaban J connectivity index is 2.27. The molecule has 0 atom stereocenters. The van der Waals surface area contributed by atoms with E-state index in [-0.39, 0.29) is 5.41 Å². The van der Waals surface area contributed by atoms with E-state index in [9.17, 15) is 4.79 Å². The highest BCUT2D eigenvalue weighted by Crippen LogP contribution is 2.58. The second kappa shape index (κ2) is 2.88. The molecule has 0 radical (unpaired) electrons. The zero-order chi connectivity index (χ0) is 11.5. The van der Waals surface area contributed by atoms with Gasteiger partial charge in [-0.1, -0.05) is 26.0 Å². The van der Waals surface area contributed by atoms with Gasteiger partial charge in [0, 0.05) is 12.7 Å². The van der Waals surface area contributed by atoms with Gasteiger partial charge in [0.25, 0.3) is 0 Å². The predicted molar refractivity (Wildman–Crippen MR) is 64.9 cm³/mol. The molecule has 1 saturated carbocycles. The molecule has 1 amide bonds. The van der Waals surface area contributed by atoms with Crippen LogP contribution in [0.3, 0.4) is 0 Å². The number of hydrogen-bond donors (Lipinski definition) is 0. The summed E-state index contributed by atoms with van der Waals surface area (Å²) in [5, 5.41) is 0. The van der Waals surface area contributed by atoms with Gasteiger partial charge in [-0.05, 0) is 36.0 Å². The van der Waals surface area contributed by atoms with Crippen molar-refractivity contribution in [2.45, 2.75) is 38.0 Å². The molecule has 1 aromatic carbocycles. The Kier molecular flexibility index (Phi) is 1.78. The number of benzene rings is 1. The summed E-state index contributed by atoms with van der Waals surface area (Å²) in [6.45, 7) is 4.41. The Labute approximate surface area is 96.3 Å². The van der Waals surface area contributed by atoms with Crippen LogP contribution in [-0.4, -0.2) is 13.0 Å². The van der Waals surface area contributed by atoms with Gasteiger partial charge >= 0.3 is 0 Å². The van der Waals surface area contributed by atoms with E-state index in [0.29, 0.717) is 11.8 Å². The van der Waals surface area contributed by atoms with Gasteiger partial charge in [0.2, 0.25) is 5.91 Å². The second-order valence-electron chi connectivity index (χ2n) is 5.34. The number of anilines is 1. The Morgan fingerprint density at radius 2 is 2.00 bits per heavy atom. The molecule has 0 saturated heterocycles. The van der Waals surface area contributed by atoms with Crippen molar-refractivity contribution in [2.75, 3.05) is 11.9 Å². The Hall–Kier alpha value is -1.31. The maximum atomic E-state index is 12.2. The molecule has 0 N–H and O–H groups in total. The molecule has 0 aromatic heterocycles. The lowest BCUT2D eigenvalue weighted by Gasteiger charge is -2.14. The van der Waals surface area contributed by atoms with Crippen LogP contribution < -0.4 is 4.90 Å². The Morgan fingerprint density at radius 1 is 1.31 bits per heavy atom. The standard InChI is InChI=1S/C14H17NO/c1-9(2)10-5-4-6-11-12(10)14(7-8-14)13(16)15(11)3/h4-6,9H,7-8H2,1-3H3. The highest BCUT2D eigenvalue weighted by atomic mass is 16.2. The van der Waals surface area contributed by atoms with Gasteiger partial charge in [0.15, 0.2) is 0 Å². The van der Waals surface area contributed by atoms with Gasteiger partial charge in [-0.25, -0.2) is 0 Å². The average Bonchev–Trinajstić information content (AvgIpc) is 3.03. The van der Waals surface area contributed by atoms with E-state index < -0.39 is 0 Å². The first-order chi connectivity index (χ1) is 7.58. The molecule has 1 fully saturated rings. The van der Waals surface area contributed by atoms with Crippen molar-refractivity contribution < 1.29 is 4.79 Å². The van der Waals surface area contributed by atoms with Gasteiger partial charge < -0.3 is 4.90 Å². The van der Waals surface area contributed by atoms with Crippen molar-refractivity contribution in [3.63, 3.8) is 0 Å². The summed E-state index contributed by atoms with van der Waals surface area (Å²) in [7, 11) is 1.90. The summed E-state index contributed by atoms with van der Waals surface area (Å²) in [6, 6.07) is 6.32. The lowest BCUT2D eigenvalue weighted by atomic mass is 9.87. The van der Waals surface area contributed by atoms with Crippen molar-refractivity contribution in [3.8, 4) is 0 Å². The fraction of sp³-hybridized carbons (Fsp3) is 0.500. The number of carbonyl (C=O) groups is 1. The number of rotatable bonds is 1. The largest absolute Gasteiger partial charge is 0.314 e. The molecule has 2 aliphatic rings. The number of nitrogens with zero attached hydrogens (tertiary/aromatic N) is 1. The van der Waals surface area contributed by atoms with Crippen LogP contribution in [0.15, 0.2) is 18.2 Å². The molecule has 2 heteroatoms. The molecular weight excluding hydrogens is 198 g/mol. The van der Waals surface area contributed by atoms with Gasteiger partial charge in [0.05, 0.1) is 5.41 Å². The normalized spacial score (nSPS) is 20.8. The van der Waals surface area contributed by atoms with E-state index in [2.05, 4.69) is 32.0 Å². The summed E-state index contributed by atoms with van der Waals surface area (Å²) in [5.41, 5.74) is 3.67. The minimum atomic E-state index is -0.134. The lowest BCUT2D eigenvalue weighted by Crippen LogP contribution is -2.28. The summed E-state index contributed by atoms with van der Waals surface area (Å²) in [6.07, 6.45) is 2.07. The molecule has 0 unspecified atom stereocenters. The van der Waals surface area contributed by atoms with Crippen LogP contribution in [0.5, 0.6) is 0 Å². The molecule has 16 heavy (non-hydrogen) atoms. The summed E-state index contributed by atoms with van der Waals surface area (Å²) < 4.78 is 0. The quantitative estimate of drug-likeness (QED) is 0.705. The fourth-order valence-corrected chi connectivity index (χ4v) is 2.97. The first-order valence-electron chi connectivity index (χ1n) is 5.99. The number of fused-ring (bicyclic) bond motifs is 2. The minimum Gasteiger partial charge on any atom is -0.314 e. The first kappa shape index (κ1) is 9.88. The Bertz CT molecular complexity index is 472. The predicted octanol–water partition coefficient (Wildman–Crippen LogP) is 2.82. The van der Waals surface area contributed by atoms with E-state index in [1.165, 1.54) is 11.1 Å². The number of amides is 1. The van der Waals surface area contributed by atoms with Crippen molar-refractivity contribution in [3.05, 3.63) is 29.3 Å². The third kappa shape index (κ3) is 0.998. The fourth-order valence-electron chi connectivity index (χ4n) is 2.97.